The number of hydrogen-bond acceptors (Lipinski definition) is 0. The monoisotopic (exact) mass is 178 g/mol. The van der Waals surface area contributed by atoms with Crippen LogP contribution in [-0.4, -0.2) is 0 Å². The smallest absolute Gasteiger partial charge is 0.0106 e. The highest BCUT2D eigenvalue weighted by atomic mass is 14.6. The summed E-state index contributed by atoms with van der Waals surface area (Å²) in [6.45, 7) is 9.45. The minimum absolute atomic E-state index is 0.883. The molecule has 0 spiro atoms. The summed E-state index contributed by atoms with van der Waals surface area (Å²) in [5.74, 6) is 4.76. The van der Waals surface area contributed by atoms with Gasteiger partial charge < -0.3 is 0 Å². The van der Waals surface area contributed by atoms with Gasteiger partial charge in [-0.3, -0.25) is 0 Å². The minimum Gasteiger partial charge on any atom is -0.0813 e. The molecule has 0 aromatic heterocycles. The molecule has 0 aromatic rings. The number of rotatable bonds is 3. The molecule has 0 radical (unpaired) electrons. The van der Waals surface area contributed by atoms with E-state index in [-0.39, 0.29) is 0 Å². The van der Waals surface area contributed by atoms with Crippen LogP contribution < -0.4 is 0 Å². The quantitative estimate of drug-likeness (QED) is 0.575. The standard InChI is InChI=1S/C13H22/c1-5-10-11(6-8(2)3)13-9(4)7-12(10)13/h7-11,13H,5-6H2,1-4H3. The fourth-order valence-electron chi connectivity index (χ4n) is 3.48. The van der Waals surface area contributed by atoms with Crippen LogP contribution in [0.2, 0.25) is 0 Å². The van der Waals surface area contributed by atoms with Crippen molar-refractivity contribution in [2.75, 3.05) is 0 Å². The fraction of sp³-hybridized carbons (Fsp3) is 0.846. The first-order valence-electron chi connectivity index (χ1n) is 5.86. The van der Waals surface area contributed by atoms with E-state index in [0.29, 0.717) is 0 Å². The van der Waals surface area contributed by atoms with Crippen LogP contribution in [0.1, 0.15) is 40.5 Å². The Morgan fingerprint density at radius 1 is 1.38 bits per heavy atom. The molecule has 0 aromatic carbocycles. The summed E-state index contributed by atoms with van der Waals surface area (Å²) >= 11 is 0. The Bertz CT molecular complexity index is 224. The normalized spacial score (nSPS) is 42.1. The first-order chi connectivity index (χ1) is 6.15. The Kier molecular flexibility index (Phi) is 2.25. The van der Waals surface area contributed by atoms with Crippen LogP contribution in [0.4, 0.5) is 0 Å². The second kappa shape index (κ2) is 3.15. The molecule has 0 amide bonds. The Morgan fingerprint density at radius 2 is 2.08 bits per heavy atom. The summed E-state index contributed by atoms with van der Waals surface area (Å²) in [6, 6.07) is 0. The lowest BCUT2D eigenvalue weighted by Gasteiger charge is -2.57. The highest BCUT2D eigenvalue weighted by Crippen LogP contribution is 2.59. The third-order valence-corrected chi connectivity index (χ3v) is 4.00. The van der Waals surface area contributed by atoms with E-state index in [2.05, 4.69) is 33.8 Å². The maximum absolute atomic E-state index is 2.51. The molecular formula is C13H22. The van der Waals surface area contributed by atoms with Gasteiger partial charge in [-0.25, -0.2) is 0 Å². The molecule has 1 saturated carbocycles. The van der Waals surface area contributed by atoms with Crippen LogP contribution in [-0.2, 0) is 0 Å². The van der Waals surface area contributed by atoms with E-state index in [0.717, 1.165) is 29.6 Å². The van der Waals surface area contributed by atoms with Crippen molar-refractivity contribution in [1.29, 1.82) is 0 Å². The predicted molar refractivity (Wildman–Crippen MR) is 57.5 cm³/mol. The molecule has 0 aliphatic heterocycles. The number of allylic oxidation sites excluding steroid dienone is 2. The summed E-state index contributed by atoms with van der Waals surface area (Å²) in [4.78, 5) is 0. The Labute approximate surface area is 82.4 Å². The molecule has 0 heteroatoms. The second-order valence-corrected chi connectivity index (χ2v) is 5.36. The highest BCUT2D eigenvalue weighted by molar-refractivity contribution is 5.34. The maximum Gasteiger partial charge on any atom is -0.0106 e. The van der Waals surface area contributed by atoms with Gasteiger partial charge in [0.15, 0.2) is 0 Å². The minimum atomic E-state index is 0.883. The second-order valence-electron chi connectivity index (χ2n) is 5.36. The van der Waals surface area contributed by atoms with Crippen molar-refractivity contribution in [2.24, 2.45) is 29.6 Å². The van der Waals surface area contributed by atoms with Crippen LogP contribution >= 0.6 is 0 Å². The molecule has 0 bridgehead atoms. The first-order valence-corrected chi connectivity index (χ1v) is 5.86. The average Bonchev–Trinajstić information content (AvgIpc) is 2.01. The van der Waals surface area contributed by atoms with Crippen LogP contribution in [0.15, 0.2) is 11.6 Å². The van der Waals surface area contributed by atoms with E-state index in [1.165, 1.54) is 12.8 Å². The summed E-state index contributed by atoms with van der Waals surface area (Å²) in [5, 5.41) is 0. The van der Waals surface area contributed by atoms with Crippen molar-refractivity contribution < 1.29 is 0 Å². The third-order valence-electron chi connectivity index (χ3n) is 4.00. The molecule has 13 heavy (non-hydrogen) atoms. The lowest BCUT2D eigenvalue weighted by molar-refractivity contribution is 0.0759. The lowest BCUT2D eigenvalue weighted by atomic mass is 9.48. The lowest BCUT2D eigenvalue weighted by Crippen LogP contribution is -2.48. The van der Waals surface area contributed by atoms with Gasteiger partial charge in [-0.15, -0.1) is 0 Å². The SMILES string of the molecule is CCC1C2=CC(C)C2C1CC(C)C. The van der Waals surface area contributed by atoms with E-state index < -0.39 is 0 Å². The fourth-order valence-corrected chi connectivity index (χ4v) is 3.48. The summed E-state index contributed by atoms with van der Waals surface area (Å²) in [5.41, 5.74) is 1.81. The van der Waals surface area contributed by atoms with Gasteiger partial charge in [-0.05, 0) is 42.4 Å². The maximum atomic E-state index is 2.51. The molecule has 2 aliphatic carbocycles. The first kappa shape index (κ1) is 9.30. The molecule has 0 saturated heterocycles. The summed E-state index contributed by atoms with van der Waals surface area (Å²) < 4.78 is 0. The highest BCUT2D eigenvalue weighted by Gasteiger charge is 2.51. The zero-order valence-corrected chi connectivity index (χ0v) is 9.38. The molecule has 0 nitrogen and oxygen atoms in total. The number of fused-ring (bicyclic) bond motifs is 1. The van der Waals surface area contributed by atoms with Crippen molar-refractivity contribution >= 4 is 0 Å². The van der Waals surface area contributed by atoms with Crippen molar-refractivity contribution in [1.82, 2.24) is 0 Å². The van der Waals surface area contributed by atoms with Gasteiger partial charge >= 0.3 is 0 Å². The van der Waals surface area contributed by atoms with E-state index >= 15 is 0 Å². The molecule has 0 N–H and O–H groups in total. The van der Waals surface area contributed by atoms with Crippen LogP contribution in [0, 0.1) is 29.6 Å². The topological polar surface area (TPSA) is 0 Å². The molecule has 74 valence electrons. The van der Waals surface area contributed by atoms with Gasteiger partial charge in [0.2, 0.25) is 0 Å². The van der Waals surface area contributed by atoms with Gasteiger partial charge in [0.25, 0.3) is 0 Å². The van der Waals surface area contributed by atoms with Gasteiger partial charge in [-0.1, -0.05) is 39.3 Å². The van der Waals surface area contributed by atoms with Gasteiger partial charge in [0.1, 0.15) is 0 Å². The summed E-state index contributed by atoms with van der Waals surface area (Å²) in [6.07, 6.45) is 5.33. The van der Waals surface area contributed by atoms with Gasteiger partial charge in [0.05, 0.1) is 0 Å². The van der Waals surface area contributed by atoms with Gasteiger partial charge in [-0.2, -0.15) is 0 Å². The predicted octanol–water partition coefficient (Wildman–Crippen LogP) is 3.88. The Balaban J connectivity index is 2.00. The van der Waals surface area contributed by atoms with Crippen molar-refractivity contribution in [3.63, 3.8) is 0 Å². The van der Waals surface area contributed by atoms with E-state index in [1.807, 2.05) is 0 Å². The van der Waals surface area contributed by atoms with Gasteiger partial charge in [0, 0.05) is 0 Å². The summed E-state index contributed by atoms with van der Waals surface area (Å²) in [7, 11) is 0. The van der Waals surface area contributed by atoms with Crippen LogP contribution in [0.25, 0.3) is 0 Å². The number of hydrogen-bond donors (Lipinski definition) is 0. The molecule has 0 heterocycles. The third kappa shape index (κ3) is 1.26. The molecule has 4 atom stereocenters. The zero-order valence-electron chi connectivity index (χ0n) is 9.38. The molecular weight excluding hydrogens is 156 g/mol. The van der Waals surface area contributed by atoms with E-state index in [9.17, 15) is 0 Å². The van der Waals surface area contributed by atoms with Crippen molar-refractivity contribution in [3.8, 4) is 0 Å². The molecule has 4 unspecified atom stereocenters. The van der Waals surface area contributed by atoms with Crippen molar-refractivity contribution in [2.45, 2.75) is 40.5 Å². The molecule has 2 rings (SSSR count). The van der Waals surface area contributed by atoms with Crippen molar-refractivity contribution in [3.05, 3.63) is 11.6 Å². The Morgan fingerprint density at radius 3 is 2.54 bits per heavy atom. The Hall–Kier alpha value is -0.260. The largest absolute Gasteiger partial charge is 0.0813 e. The zero-order chi connectivity index (χ0) is 9.59. The van der Waals surface area contributed by atoms with Crippen LogP contribution in [0.5, 0.6) is 0 Å². The molecule has 2 aliphatic rings. The van der Waals surface area contributed by atoms with E-state index in [1.54, 1.807) is 5.57 Å². The molecule has 1 fully saturated rings. The van der Waals surface area contributed by atoms with Crippen LogP contribution in [0.3, 0.4) is 0 Å². The average molecular weight is 178 g/mol. The van der Waals surface area contributed by atoms with E-state index in [4.69, 9.17) is 0 Å².